The smallest absolute Gasteiger partial charge is 0.357 e. The molecule has 1 heterocycles. The van der Waals surface area contributed by atoms with Crippen LogP contribution in [0.15, 0.2) is 0 Å². The molecule has 4 heteroatoms. The van der Waals surface area contributed by atoms with Crippen LogP contribution in [0.25, 0.3) is 0 Å². The first-order chi connectivity index (χ1) is 8.22. The van der Waals surface area contributed by atoms with Crippen LogP contribution in [-0.4, -0.2) is 18.1 Å². The molecule has 0 unspecified atom stereocenters. The summed E-state index contributed by atoms with van der Waals surface area (Å²) in [5.41, 5.74) is 0.511. The summed E-state index contributed by atoms with van der Waals surface area (Å²) in [7, 11) is 1.41. The van der Waals surface area contributed by atoms with Gasteiger partial charge < -0.3 is 4.74 Å². The summed E-state index contributed by atoms with van der Waals surface area (Å²) < 4.78 is 4.75. The van der Waals surface area contributed by atoms with E-state index < -0.39 is 0 Å². The molecule has 0 aromatic carbocycles. The predicted octanol–water partition coefficient (Wildman–Crippen LogP) is 3.68. The Kier molecular flexibility index (Phi) is 4.15. The summed E-state index contributed by atoms with van der Waals surface area (Å²) >= 11 is 1.66. The lowest BCUT2D eigenvalue weighted by Gasteiger charge is -2.09. The lowest BCUT2D eigenvalue weighted by Crippen LogP contribution is -2.04. The van der Waals surface area contributed by atoms with E-state index in [2.05, 4.69) is 4.98 Å². The van der Waals surface area contributed by atoms with E-state index >= 15 is 0 Å². The van der Waals surface area contributed by atoms with Gasteiger partial charge in [-0.05, 0) is 19.8 Å². The van der Waals surface area contributed by atoms with E-state index in [1.165, 1.54) is 45.6 Å². The molecule has 1 saturated carbocycles. The minimum absolute atomic E-state index is 0.307. The minimum atomic E-state index is -0.307. The molecule has 0 aliphatic heterocycles. The Bertz CT molecular complexity index is 392. The molecular formula is C13H19NO2S. The number of rotatable bonds is 2. The Morgan fingerprint density at radius 2 is 1.94 bits per heavy atom. The average molecular weight is 253 g/mol. The third kappa shape index (κ3) is 2.86. The van der Waals surface area contributed by atoms with Crippen LogP contribution in [0.5, 0.6) is 0 Å². The van der Waals surface area contributed by atoms with Crippen molar-refractivity contribution < 1.29 is 9.53 Å². The Morgan fingerprint density at radius 3 is 2.53 bits per heavy atom. The van der Waals surface area contributed by atoms with E-state index in [1.807, 2.05) is 6.92 Å². The molecule has 1 aliphatic carbocycles. The molecular weight excluding hydrogens is 234 g/mol. The molecule has 3 nitrogen and oxygen atoms in total. The highest BCUT2D eigenvalue weighted by atomic mass is 32.1. The van der Waals surface area contributed by atoms with Crippen LogP contribution in [-0.2, 0) is 4.74 Å². The molecule has 0 amide bonds. The van der Waals surface area contributed by atoms with Gasteiger partial charge in [0.25, 0.3) is 0 Å². The second-order valence-electron chi connectivity index (χ2n) is 4.64. The zero-order valence-electron chi connectivity index (χ0n) is 10.5. The Labute approximate surface area is 106 Å². The number of thiazole rings is 1. The number of hydrogen-bond donors (Lipinski definition) is 0. The van der Waals surface area contributed by atoms with Crippen LogP contribution in [0.2, 0.25) is 0 Å². The number of nitrogens with zero attached hydrogens (tertiary/aromatic N) is 1. The van der Waals surface area contributed by atoms with E-state index in [1.54, 1.807) is 11.3 Å². The summed E-state index contributed by atoms with van der Waals surface area (Å²) in [6, 6.07) is 0. The SMILES string of the molecule is COC(=O)c1nc(C2CCCCCC2)sc1C. The van der Waals surface area contributed by atoms with Gasteiger partial charge in [-0.1, -0.05) is 25.7 Å². The van der Waals surface area contributed by atoms with Crippen molar-refractivity contribution in [2.45, 2.75) is 51.4 Å². The number of esters is 1. The zero-order valence-corrected chi connectivity index (χ0v) is 11.3. The molecule has 0 saturated heterocycles. The maximum Gasteiger partial charge on any atom is 0.357 e. The Hall–Kier alpha value is -0.900. The Morgan fingerprint density at radius 1 is 1.29 bits per heavy atom. The first kappa shape index (κ1) is 12.6. The van der Waals surface area contributed by atoms with Crippen molar-refractivity contribution in [2.75, 3.05) is 7.11 Å². The number of aryl methyl sites for hydroxylation is 1. The van der Waals surface area contributed by atoms with Gasteiger partial charge in [0.2, 0.25) is 0 Å². The molecule has 0 N–H and O–H groups in total. The summed E-state index contributed by atoms with van der Waals surface area (Å²) in [5, 5.41) is 1.13. The molecule has 17 heavy (non-hydrogen) atoms. The summed E-state index contributed by atoms with van der Waals surface area (Å²) in [4.78, 5) is 17.0. The largest absolute Gasteiger partial charge is 0.464 e. The van der Waals surface area contributed by atoms with Crippen molar-refractivity contribution in [3.05, 3.63) is 15.6 Å². The fourth-order valence-electron chi connectivity index (χ4n) is 2.40. The standard InChI is InChI=1S/C13H19NO2S/c1-9-11(13(15)16-2)14-12(17-9)10-7-5-3-4-6-8-10/h10H,3-8H2,1-2H3. The molecule has 2 rings (SSSR count). The highest BCUT2D eigenvalue weighted by molar-refractivity contribution is 7.12. The second-order valence-corrected chi connectivity index (χ2v) is 5.87. The Balaban J connectivity index is 2.18. The predicted molar refractivity (Wildman–Crippen MR) is 68.6 cm³/mol. The number of ether oxygens (including phenoxy) is 1. The monoisotopic (exact) mass is 253 g/mol. The van der Waals surface area contributed by atoms with Gasteiger partial charge in [-0.2, -0.15) is 0 Å². The van der Waals surface area contributed by atoms with Gasteiger partial charge in [-0.15, -0.1) is 11.3 Å². The highest BCUT2D eigenvalue weighted by Crippen LogP contribution is 2.34. The summed E-state index contributed by atoms with van der Waals surface area (Å²) in [6.45, 7) is 1.95. The molecule has 0 spiro atoms. The molecule has 1 aromatic heterocycles. The van der Waals surface area contributed by atoms with E-state index in [-0.39, 0.29) is 5.97 Å². The van der Waals surface area contributed by atoms with E-state index in [4.69, 9.17) is 4.74 Å². The average Bonchev–Trinajstić information content (AvgIpc) is 2.57. The number of methoxy groups -OCH3 is 1. The van der Waals surface area contributed by atoms with Gasteiger partial charge in [-0.3, -0.25) is 0 Å². The molecule has 1 fully saturated rings. The van der Waals surface area contributed by atoms with Crippen molar-refractivity contribution in [3.8, 4) is 0 Å². The molecule has 0 radical (unpaired) electrons. The van der Waals surface area contributed by atoms with Crippen molar-refractivity contribution in [1.29, 1.82) is 0 Å². The number of aromatic nitrogens is 1. The van der Waals surface area contributed by atoms with Crippen molar-refractivity contribution in [1.82, 2.24) is 4.98 Å². The maximum absolute atomic E-state index is 11.5. The fraction of sp³-hybridized carbons (Fsp3) is 0.692. The van der Waals surface area contributed by atoms with Crippen LogP contribution < -0.4 is 0 Å². The number of hydrogen-bond acceptors (Lipinski definition) is 4. The van der Waals surface area contributed by atoms with Crippen molar-refractivity contribution in [2.24, 2.45) is 0 Å². The van der Waals surface area contributed by atoms with Crippen molar-refractivity contribution in [3.63, 3.8) is 0 Å². The summed E-state index contributed by atoms with van der Waals surface area (Å²) in [5.74, 6) is 0.248. The van der Waals surface area contributed by atoms with E-state index in [0.717, 1.165) is 9.88 Å². The van der Waals surface area contributed by atoms with E-state index in [9.17, 15) is 4.79 Å². The van der Waals surface area contributed by atoms with Crippen LogP contribution >= 0.6 is 11.3 Å². The van der Waals surface area contributed by atoms with E-state index in [0.29, 0.717) is 11.6 Å². The van der Waals surface area contributed by atoms with Gasteiger partial charge >= 0.3 is 5.97 Å². The molecule has 1 aliphatic rings. The van der Waals surface area contributed by atoms with Crippen LogP contribution in [0.4, 0.5) is 0 Å². The molecule has 0 atom stereocenters. The van der Waals surface area contributed by atoms with Gasteiger partial charge in [0, 0.05) is 10.8 Å². The third-order valence-corrected chi connectivity index (χ3v) is 4.53. The summed E-state index contributed by atoms with van der Waals surface area (Å²) in [6.07, 6.45) is 7.68. The van der Waals surface area contributed by atoms with Gasteiger partial charge in [0.05, 0.1) is 12.1 Å². The number of carbonyl (C=O) groups is 1. The first-order valence-corrected chi connectivity index (χ1v) is 7.09. The maximum atomic E-state index is 11.5. The van der Waals surface area contributed by atoms with Crippen LogP contribution in [0, 0.1) is 6.92 Å². The van der Waals surface area contributed by atoms with Crippen LogP contribution in [0.3, 0.4) is 0 Å². The molecule has 94 valence electrons. The van der Waals surface area contributed by atoms with Crippen LogP contribution in [0.1, 0.15) is 64.8 Å². The lowest BCUT2D eigenvalue weighted by molar-refractivity contribution is 0.0594. The molecule has 1 aromatic rings. The zero-order chi connectivity index (χ0) is 12.3. The lowest BCUT2D eigenvalue weighted by atomic mass is 10.0. The van der Waals surface area contributed by atoms with Gasteiger partial charge in [-0.25, -0.2) is 9.78 Å². The second kappa shape index (κ2) is 5.63. The van der Waals surface area contributed by atoms with Gasteiger partial charge in [0.1, 0.15) is 0 Å². The number of carbonyl (C=O) groups excluding carboxylic acids is 1. The quantitative estimate of drug-likeness (QED) is 0.596. The topological polar surface area (TPSA) is 39.2 Å². The highest BCUT2D eigenvalue weighted by Gasteiger charge is 2.22. The molecule has 0 bridgehead atoms. The van der Waals surface area contributed by atoms with Crippen molar-refractivity contribution >= 4 is 17.3 Å². The first-order valence-electron chi connectivity index (χ1n) is 6.28. The van der Waals surface area contributed by atoms with Gasteiger partial charge in [0.15, 0.2) is 5.69 Å². The normalized spacial score (nSPS) is 17.8. The minimum Gasteiger partial charge on any atom is -0.464 e. The third-order valence-electron chi connectivity index (χ3n) is 3.40. The fourth-order valence-corrected chi connectivity index (χ4v) is 3.48.